The standard InChI is InChI=1S/C41H28N2/c1-26-32-17-9-10-18-34(32)36-19-11-16-28-20-22-33(27(2)39(28)36)35-23-21-31(24-37(26)35)38-25-42-41(30-14-7-4-8-15-30)43-40(38)29-12-5-3-6-13-29/h3-25H,1H2,2H3. The van der Waals surface area contributed by atoms with Crippen LogP contribution in [-0.4, -0.2) is 9.97 Å². The largest absolute Gasteiger partial charge is 0.236 e. The van der Waals surface area contributed by atoms with Crippen LogP contribution in [0.1, 0.15) is 5.56 Å². The first-order chi connectivity index (χ1) is 21.2. The molecule has 0 atom stereocenters. The van der Waals surface area contributed by atoms with Crippen LogP contribution in [0.5, 0.6) is 0 Å². The Labute approximate surface area is 250 Å². The van der Waals surface area contributed by atoms with Crippen LogP contribution in [0.3, 0.4) is 0 Å². The van der Waals surface area contributed by atoms with Crippen LogP contribution in [0.25, 0.3) is 83.4 Å². The van der Waals surface area contributed by atoms with E-state index < -0.39 is 0 Å². The molecule has 0 aliphatic carbocycles. The minimum absolute atomic E-state index is 0.714. The van der Waals surface area contributed by atoms with Gasteiger partial charge in [-0.3, -0.25) is 0 Å². The number of fused-ring (bicyclic) bond motifs is 5. The van der Waals surface area contributed by atoms with Gasteiger partial charge in [0.2, 0.25) is 0 Å². The van der Waals surface area contributed by atoms with Crippen molar-refractivity contribution in [2.24, 2.45) is 0 Å². The number of hydrogen-bond donors (Lipinski definition) is 0. The highest BCUT2D eigenvalue weighted by Crippen LogP contribution is 2.36. The highest BCUT2D eigenvalue weighted by molar-refractivity contribution is 6.18. The van der Waals surface area contributed by atoms with Crippen LogP contribution < -0.4 is 5.22 Å². The van der Waals surface area contributed by atoms with Crippen molar-refractivity contribution in [3.05, 3.63) is 150 Å². The van der Waals surface area contributed by atoms with Crippen LogP contribution in [0, 0.1) is 6.92 Å². The maximum atomic E-state index is 5.13. The van der Waals surface area contributed by atoms with E-state index in [1.54, 1.807) is 0 Å². The molecule has 1 aromatic heterocycles. The maximum absolute atomic E-state index is 5.13. The van der Waals surface area contributed by atoms with Gasteiger partial charge >= 0.3 is 0 Å². The van der Waals surface area contributed by atoms with Gasteiger partial charge in [0.25, 0.3) is 0 Å². The summed E-state index contributed by atoms with van der Waals surface area (Å²) >= 11 is 0. The normalized spacial score (nSPS) is 11.5. The molecule has 0 amide bonds. The Balaban J connectivity index is 1.48. The van der Waals surface area contributed by atoms with Crippen LogP contribution in [0.15, 0.2) is 140 Å². The third-order valence-electron chi connectivity index (χ3n) is 8.66. The quantitative estimate of drug-likeness (QED) is 0.219. The van der Waals surface area contributed by atoms with E-state index in [0.717, 1.165) is 43.9 Å². The van der Waals surface area contributed by atoms with Gasteiger partial charge < -0.3 is 0 Å². The molecular weight excluding hydrogens is 520 g/mol. The summed E-state index contributed by atoms with van der Waals surface area (Å²) in [7, 11) is 0. The Hall–Kier alpha value is -5.60. The van der Waals surface area contributed by atoms with Crippen molar-refractivity contribution >= 4 is 49.7 Å². The Morgan fingerprint density at radius 3 is 1.95 bits per heavy atom. The molecular formula is C41H28N2. The summed E-state index contributed by atoms with van der Waals surface area (Å²) in [6.07, 6.45) is 1.97. The van der Waals surface area contributed by atoms with E-state index in [1.165, 1.54) is 37.9 Å². The van der Waals surface area contributed by atoms with Crippen molar-refractivity contribution in [3.63, 3.8) is 0 Å². The van der Waals surface area contributed by atoms with Gasteiger partial charge in [-0.05, 0) is 72.4 Å². The molecule has 0 radical (unpaired) electrons. The number of hydrogen-bond acceptors (Lipinski definition) is 2. The van der Waals surface area contributed by atoms with Gasteiger partial charge in [-0.25, -0.2) is 9.97 Å². The molecule has 0 saturated heterocycles. The second-order valence-electron chi connectivity index (χ2n) is 11.1. The van der Waals surface area contributed by atoms with Crippen molar-refractivity contribution in [1.82, 2.24) is 9.97 Å². The average Bonchev–Trinajstić information content (AvgIpc) is 3.10. The van der Waals surface area contributed by atoms with Gasteiger partial charge in [-0.15, -0.1) is 0 Å². The van der Waals surface area contributed by atoms with Gasteiger partial charge in [0.15, 0.2) is 5.82 Å². The van der Waals surface area contributed by atoms with E-state index in [4.69, 9.17) is 16.5 Å². The van der Waals surface area contributed by atoms with E-state index in [1.807, 2.05) is 30.5 Å². The summed E-state index contributed by atoms with van der Waals surface area (Å²) in [4.78, 5) is 9.98. The second-order valence-corrected chi connectivity index (χ2v) is 11.1. The molecule has 7 aromatic carbocycles. The van der Waals surface area contributed by atoms with Crippen molar-refractivity contribution in [3.8, 4) is 33.8 Å². The topological polar surface area (TPSA) is 25.8 Å². The number of aryl methyl sites for hydroxylation is 1. The van der Waals surface area contributed by atoms with Gasteiger partial charge in [-0.2, -0.15) is 0 Å². The summed E-state index contributed by atoms with van der Waals surface area (Å²) < 4.78 is 0. The third kappa shape index (κ3) is 4.11. The Morgan fingerprint density at radius 2 is 1.16 bits per heavy atom. The molecule has 8 aromatic rings. The van der Waals surface area contributed by atoms with E-state index in [9.17, 15) is 0 Å². The zero-order valence-corrected chi connectivity index (χ0v) is 23.9. The lowest BCUT2D eigenvalue weighted by Gasteiger charge is -2.13. The van der Waals surface area contributed by atoms with Crippen LogP contribution in [0.4, 0.5) is 0 Å². The third-order valence-corrected chi connectivity index (χ3v) is 8.66. The monoisotopic (exact) mass is 548 g/mol. The molecule has 0 aliphatic heterocycles. The van der Waals surface area contributed by atoms with E-state index in [2.05, 4.69) is 116 Å². The van der Waals surface area contributed by atoms with Crippen LogP contribution in [0.2, 0.25) is 0 Å². The second kappa shape index (κ2) is 10.0. The minimum Gasteiger partial charge on any atom is -0.236 e. The number of benzene rings is 6. The zero-order valence-electron chi connectivity index (χ0n) is 23.9. The predicted octanol–water partition coefficient (Wildman–Crippen LogP) is 10.1. The fourth-order valence-corrected chi connectivity index (χ4v) is 6.53. The number of aromatic nitrogens is 2. The van der Waals surface area contributed by atoms with Gasteiger partial charge in [0, 0.05) is 22.9 Å². The van der Waals surface area contributed by atoms with Gasteiger partial charge in [-0.1, -0.05) is 134 Å². The fourth-order valence-electron chi connectivity index (χ4n) is 6.53. The van der Waals surface area contributed by atoms with E-state index >= 15 is 0 Å². The molecule has 2 nitrogen and oxygen atoms in total. The summed E-state index contributed by atoms with van der Waals surface area (Å²) in [6.45, 7) is 6.96. The molecule has 1 heterocycles. The van der Waals surface area contributed by atoms with Crippen molar-refractivity contribution < 1.29 is 0 Å². The lowest BCUT2D eigenvalue weighted by atomic mass is 9.94. The zero-order chi connectivity index (χ0) is 28.9. The molecule has 0 aliphatic rings. The van der Waals surface area contributed by atoms with Gasteiger partial charge in [0.1, 0.15) is 0 Å². The average molecular weight is 549 g/mol. The molecule has 8 rings (SSSR count). The fraction of sp³-hybridized carbons (Fsp3) is 0.0244. The lowest BCUT2D eigenvalue weighted by Crippen LogP contribution is -2.00. The highest BCUT2D eigenvalue weighted by Gasteiger charge is 2.15. The van der Waals surface area contributed by atoms with Crippen LogP contribution in [-0.2, 0) is 0 Å². The van der Waals surface area contributed by atoms with E-state index in [0.29, 0.717) is 5.82 Å². The molecule has 43 heavy (non-hydrogen) atoms. The van der Waals surface area contributed by atoms with E-state index in [-0.39, 0.29) is 0 Å². The molecule has 0 spiro atoms. The minimum atomic E-state index is 0.714. The summed E-state index contributed by atoms with van der Waals surface area (Å²) in [5.74, 6) is 0.714. The van der Waals surface area contributed by atoms with Crippen molar-refractivity contribution in [2.45, 2.75) is 6.92 Å². The molecule has 0 saturated carbocycles. The van der Waals surface area contributed by atoms with Crippen LogP contribution >= 0.6 is 0 Å². The van der Waals surface area contributed by atoms with Crippen molar-refractivity contribution in [1.29, 1.82) is 0 Å². The SMILES string of the molecule is C=c1c2cc(-c3cnc(-c4ccccc4)nc3-c3ccccc3)ccc2c2ccc3cccc(c4ccccc14)c3c2C. The summed E-state index contributed by atoms with van der Waals surface area (Å²) in [5, 5.41) is 10.7. The molecule has 2 heteroatoms. The van der Waals surface area contributed by atoms with Gasteiger partial charge in [0.05, 0.1) is 5.69 Å². The Morgan fingerprint density at radius 1 is 0.512 bits per heavy atom. The first-order valence-electron chi connectivity index (χ1n) is 14.6. The highest BCUT2D eigenvalue weighted by atomic mass is 14.9. The molecule has 0 unspecified atom stereocenters. The summed E-state index contributed by atoms with van der Waals surface area (Å²) in [6, 6.07) is 47.0. The Bertz CT molecular complexity index is 2410. The smallest absolute Gasteiger partial charge is 0.159 e. The molecule has 202 valence electrons. The number of rotatable bonds is 3. The first-order valence-corrected chi connectivity index (χ1v) is 14.6. The molecule has 0 N–H and O–H groups in total. The maximum Gasteiger partial charge on any atom is 0.159 e. The molecule has 0 fully saturated rings. The predicted molar refractivity (Wildman–Crippen MR) is 183 cm³/mol. The number of nitrogens with zero attached hydrogens (tertiary/aromatic N) is 2. The lowest BCUT2D eigenvalue weighted by molar-refractivity contribution is 1.18. The first kappa shape index (κ1) is 25.1. The summed E-state index contributed by atoms with van der Waals surface area (Å²) in [5.41, 5.74) is 6.30. The van der Waals surface area contributed by atoms with Crippen molar-refractivity contribution in [2.75, 3.05) is 0 Å². The molecule has 2 bridgehead atoms. The Kier molecular flexibility index (Phi) is 5.87.